The highest BCUT2D eigenvalue weighted by molar-refractivity contribution is 14.1. The Morgan fingerprint density at radius 2 is 1.53 bits per heavy atom. The molecule has 0 aliphatic rings. The van der Waals surface area contributed by atoms with E-state index in [4.69, 9.17) is 0 Å². The number of anilines is 1. The van der Waals surface area contributed by atoms with Crippen LogP contribution in [0, 0.1) is 24.3 Å². The molecule has 5 nitrogen and oxygen atoms in total. The van der Waals surface area contributed by atoms with E-state index < -0.39 is 10.0 Å². The maximum Gasteiger partial charge on any atom is 0.264 e. The van der Waals surface area contributed by atoms with Crippen LogP contribution in [0.2, 0.25) is 0 Å². The molecule has 0 saturated heterocycles. The van der Waals surface area contributed by atoms with Gasteiger partial charge in [-0.15, -0.1) is 0 Å². The van der Waals surface area contributed by atoms with E-state index in [9.17, 15) is 13.2 Å². The highest BCUT2D eigenvalue weighted by Crippen LogP contribution is 2.25. The van der Waals surface area contributed by atoms with Gasteiger partial charge in [-0.2, -0.15) is 0 Å². The van der Waals surface area contributed by atoms with E-state index in [1.54, 1.807) is 30.3 Å². The molecule has 3 aromatic rings. The van der Waals surface area contributed by atoms with Crippen molar-refractivity contribution < 1.29 is 13.2 Å². The molecule has 0 aliphatic heterocycles. The molecule has 32 heavy (non-hydrogen) atoms. The molecule has 0 saturated carbocycles. The number of nitrogens with one attached hydrogen (secondary N) is 1. The Morgan fingerprint density at radius 1 is 0.938 bits per heavy atom. The molecule has 1 amide bonds. The molecule has 0 heterocycles. The smallest absolute Gasteiger partial charge is 0.264 e. The maximum absolute atomic E-state index is 13.4. The number of aryl methyl sites for hydroxylation is 3. The first-order chi connectivity index (χ1) is 15.1. The highest BCUT2D eigenvalue weighted by atomic mass is 127. The van der Waals surface area contributed by atoms with Crippen molar-refractivity contribution in [3.05, 3.63) is 92.6 Å². The van der Waals surface area contributed by atoms with Crippen molar-refractivity contribution in [2.45, 2.75) is 38.6 Å². The summed E-state index contributed by atoms with van der Waals surface area (Å²) in [7, 11) is -3.91. The SMILES string of the molecule is Cc1cc(C)c([C@@H](C)NC(=O)CN(c2ccc(I)cc2)S(=O)(=O)c2ccccc2)cc1C. The summed E-state index contributed by atoms with van der Waals surface area (Å²) in [5.41, 5.74) is 4.90. The molecule has 1 N–H and O–H groups in total. The zero-order valence-electron chi connectivity index (χ0n) is 18.6. The molecule has 0 bridgehead atoms. The topological polar surface area (TPSA) is 66.5 Å². The number of amides is 1. The number of carbonyl (C=O) groups excluding carboxylic acids is 1. The predicted molar refractivity (Wildman–Crippen MR) is 137 cm³/mol. The van der Waals surface area contributed by atoms with Gasteiger partial charge in [0.1, 0.15) is 6.54 Å². The van der Waals surface area contributed by atoms with Crippen molar-refractivity contribution in [3.63, 3.8) is 0 Å². The first-order valence-electron chi connectivity index (χ1n) is 10.3. The highest BCUT2D eigenvalue weighted by Gasteiger charge is 2.27. The van der Waals surface area contributed by atoms with Gasteiger partial charge in [0.25, 0.3) is 10.0 Å². The lowest BCUT2D eigenvalue weighted by Gasteiger charge is -2.25. The van der Waals surface area contributed by atoms with Crippen LogP contribution in [0.25, 0.3) is 0 Å². The van der Waals surface area contributed by atoms with Gasteiger partial charge in [0.05, 0.1) is 16.6 Å². The molecule has 0 fully saturated rings. The van der Waals surface area contributed by atoms with Gasteiger partial charge in [-0.1, -0.05) is 30.3 Å². The summed E-state index contributed by atoms with van der Waals surface area (Å²) in [5.74, 6) is -0.367. The van der Waals surface area contributed by atoms with Gasteiger partial charge in [-0.25, -0.2) is 8.42 Å². The first-order valence-corrected chi connectivity index (χ1v) is 12.8. The molecular formula is C25H27IN2O3S. The van der Waals surface area contributed by atoms with Crippen molar-refractivity contribution >= 4 is 44.2 Å². The zero-order valence-corrected chi connectivity index (χ0v) is 21.6. The first kappa shape index (κ1) is 24.3. The second-order valence-corrected chi connectivity index (χ2v) is 11.0. The Bertz CT molecular complexity index is 1210. The van der Waals surface area contributed by atoms with E-state index >= 15 is 0 Å². The van der Waals surface area contributed by atoms with Crippen LogP contribution in [0.5, 0.6) is 0 Å². The minimum Gasteiger partial charge on any atom is -0.348 e. The summed E-state index contributed by atoms with van der Waals surface area (Å²) in [6.07, 6.45) is 0. The summed E-state index contributed by atoms with van der Waals surface area (Å²) >= 11 is 2.16. The zero-order chi connectivity index (χ0) is 23.5. The van der Waals surface area contributed by atoms with Gasteiger partial charge in [-0.3, -0.25) is 9.10 Å². The molecular weight excluding hydrogens is 535 g/mol. The molecule has 0 unspecified atom stereocenters. The third kappa shape index (κ3) is 5.50. The van der Waals surface area contributed by atoms with Crippen LogP contribution in [-0.4, -0.2) is 20.9 Å². The van der Waals surface area contributed by atoms with Gasteiger partial charge in [0.2, 0.25) is 5.91 Å². The Balaban J connectivity index is 1.89. The summed E-state index contributed by atoms with van der Waals surface area (Å²) in [6, 6.07) is 19.2. The van der Waals surface area contributed by atoms with Crippen molar-refractivity contribution in [3.8, 4) is 0 Å². The number of carbonyl (C=O) groups is 1. The second-order valence-electron chi connectivity index (χ2n) is 7.88. The monoisotopic (exact) mass is 562 g/mol. The molecule has 1 atom stereocenters. The van der Waals surface area contributed by atoms with Crippen LogP contribution in [0.15, 0.2) is 71.6 Å². The minimum atomic E-state index is -3.91. The van der Waals surface area contributed by atoms with Crippen molar-refractivity contribution in [2.24, 2.45) is 0 Å². The average Bonchev–Trinajstić information content (AvgIpc) is 2.75. The van der Waals surface area contributed by atoms with Crippen LogP contribution in [0.4, 0.5) is 5.69 Å². The van der Waals surface area contributed by atoms with Gasteiger partial charge < -0.3 is 5.32 Å². The summed E-state index contributed by atoms with van der Waals surface area (Å²) in [5, 5.41) is 2.97. The number of hydrogen-bond donors (Lipinski definition) is 1. The summed E-state index contributed by atoms with van der Waals surface area (Å²) in [6.45, 7) is 7.71. The lowest BCUT2D eigenvalue weighted by atomic mass is 9.96. The normalized spacial score (nSPS) is 12.3. The third-order valence-electron chi connectivity index (χ3n) is 5.46. The van der Waals surface area contributed by atoms with Gasteiger partial charge in [-0.05, 0) is 109 Å². The molecule has 0 spiro atoms. The predicted octanol–water partition coefficient (Wildman–Crippen LogP) is 5.29. The van der Waals surface area contributed by atoms with Crippen LogP contribution in [0.3, 0.4) is 0 Å². The molecule has 3 aromatic carbocycles. The van der Waals surface area contributed by atoms with Crippen molar-refractivity contribution in [1.29, 1.82) is 0 Å². The molecule has 168 valence electrons. The van der Waals surface area contributed by atoms with Crippen LogP contribution in [-0.2, 0) is 14.8 Å². The second kappa shape index (κ2) is 10.0. The molecule has 7 heteroatoms. The van der Waals surface area contributed by atoms with Gasteiger partial charge in [0.15, 0.2) is 0 Å². The maximum atomic E-state index is 13.4. The fourth-order valence-corrected chi connectivity index (χ4v) is 5.39. The Morgan fingerprint density at radius 3 is 2.16 bits per heavy atom. The number of hydrogen-bond acceptors (Lipinski definition) is 3. The fraction of sp³-hybridized carbons (Fsp3) is 0.240. The number of rotatable bonds is 7. The largest absolute Gasteiger partial charge is 0.348 e. The van der Waals surface area contributed by atoms with Crippen LogP contribution >= 0.6 is 22.6 Å². The van der Waals surface area contributed by atoms with E-state index in [2.05, 4.69) is 47.0 Å². The summed E-state index contributed by atoms with van der Waals surface area (Å²) < 4.78 is 28.9. The Kier molecular flexibility index (Phi) is 7.61. The van der Waals surface area contributed by atoms with E-state index in [0.29, 0.717) is 5.69 Å². The molecule has 3 rings (SSSR count). The van der Waals surface area contributed by atoms with Crippen molar-refractivity contribution in [2.75, 3.05) is 10.8 Å². The summed E-state index contributed by atoms with van der Waals surface area (Å²) in [4.78, 5) is 13.1. The number of nitrogens with zero attached hydrogens (tertiary/aromatic N) is 1. The minimum absolute atomic E-state index is 0.143. The lowest BCUT2D eigenvalue weighted by Crippen LogP contribution is -2.41. The van der Waals surface area contributed by atoms with Crippen LogP contribution < -0.4 is 9.62 Å². The van der Waals surface area contributed by atoms with Crippen LogP contribution in [0.1, 0.15) is 35.2 Å². The molecule has 0 aliphatic carbocycles. The lowest BCUT2D eigenvalue weighted by molar-refractivity contribution is -0.120. The van der Waals surface area contributed by atoms with E-state index in [1.807, 2.05) is 32.9 Å². The number of benzene rings is 3. The van der Waals surface area contributed by atoms with E-state index in [-0.39, 0.29) is 23.4 Å². The quantitative estimate of drug-likeness (QED) is 0.398. The van der Waals surface area contributed by atoms with Gasteiger partial charge >= 0.3 is 0 Å². The molecule has 0 radical (unpaired) electrons. The van der Waals surface area contributed by atoms with E-state index in [0.717, 1.165) is 24.6 Å². The van der Waals surface area contributed by atoms with Gasteiger partial charge in [0, 0.05) is 3.57 Å². The standard InChI is InChI=1S/C25H27IN2O3S/c1-17-14-19(3)24(15-18(17)2)20(4)27-25(29)16-28(22-12-10-21(26)11-13-22)32(30,31)23-8-6-5-7-9-23/h5-15,20H,16H2,1-4H3,(H,27,29)/t20-/m1/s1. The fourth-order valence-electron chi connectivity index (χ4n) is 3.59. The van der Waals surface area contributed by atoms with Crippen molar-refractivity contribution in [1.82, 2.24) is 5.32 Å². The number of halogens is 1. The average molecular weight is 562 g/mol. The molecule has 0 aromatic heterocycles. The third-order valence-corrected chi connectivity index (χ3v) is 7.97. The Hall–Kier alpha value is -2.39. The Labute approximate surface area is 204 Å². The number of sulfonamides is 1. The van der Waals surface area contributed by atoms with E-state index in [1.165, 1.54) is 17.7 Å².